The van der Waals surface area contributed by atoms with Crippen LogP contribution in [0.2, 0.25) is 0 Å². The number of nitrogens with zero attached hydrogens (tertiary/aromatic N) is 4. The van der Waals surface area contributed by atoms with Crippen molar-refractivity contribution in [2.45, 2.75) is 13.5 Å². The Labute approximate surface area is 206 Å². The van der Waals surface area contributed by atoms with Gasteiger partial charge in [0.05, 0.1) is 31.9 Å². The second-order valence-electron chi connectivity index (χ2n) is 8.89. The average molecular weight is 480 g/mol. The van der Waals surface area contributed by atoms with Crippen LogP contribution in [0.4, 0.5) is 5.69 Å². The lowest BCUT2D eigenvalue weighted by Crippen LogP contribution is -2.53. The smallest absolute Gasteiger partial charge is 0.335 e. The van der Waals surface area contributed by atoms with E-state index >= 15 is 0 Å². The fourth-order valence-electron chi connectivity index (χ4n) is 4.16. The number of morpholine rings is 1. The number of aryl methyl sites for hydroxylation is 1. The average Bonchev–Trinajstić information content (AvgIpc) is 2.88. The Bertz CT molecular complexity index is 1040. The van der Waals surface area contributed by atoms with E-state index in [1.54, 1.807) is 18.2 Å². The number of carbonyl (C=O) groups is 2. The monoisotopic (exact) mass is 479 g/mol. The number of anilines is 1. The Morgan fingerprint density at radius 3 is 2.37 bits per heavy atom. The molecule has 0 radical (unpaired) electrons. The molecule has 9 nitrogen and oxygen atoms in total. The van der Waals surface area contributed by atoms with Crippen LogP contribution in [-0.2, 0) is 16.1 Å². The van der Waals surface area contributed by atoms with Crippen LogP contribution in [0.25, 0.3) is 0 Å². The molecule has 2 saturated heterocycles. The van der Waals surface area contributed by atoms with Crippen LogP contribution in [0, 0.1) is 6.92 Å². The highest BCUT2D eigenvalue weighted by molar-refractivity contribution is 5.96. The van der Waals surface area contributed by atoms with Gasteiger partial charge in [-0.1, -0.05) is 35.9 Å². The van der Waals surface area contributed by atoms with Gasteiger partial charge in [0, 0.05) is 45.0 Å². The van der Waals surface area contributed by atoms with Crippen LogP contribution >= 0.6 is 0 Å². The van der Waals surface area contributed by atoms with Crippen molar-refractivity contribution in [1.82, 2.24) is 14.7 Å². The van der Waals surface area contributed by atoms with Gasteiger partial charge in [0.25, 0.3) is 0 Å². The van der Waals surface area contributed by atoms with Crippen molar-refractivity contribution in [2.24, 2.45) is 4.99 Å². The van der Waals surface area contributed by atoms with Crippen LogP contribution < -0.4 is 5.32 Å². The molecule has 0 atom stereocenters. The number of ether oxygens (including phenoxy) is 1. The third-order valence-corrected chi connectivity index (χ3v) is 6.29. The summed E-state index contributed by atoms with van der Waals surface area (Å²) in [5, 5.41) is 12.7. The topological polar surface area (TPSA) is 97.7 Å². The first-order chi connectivity index (χ1) is 17.0. The summed E-state index contributed by atoms with van der Waals surface area (Å²) in [7, 11) is 0. The van der Waals surface area contributed by atoms with E-state index in [4.69, 9.17) is 9.73 Å². The molecule has 0 spiro atoms. The van der Waals surface area contributed by atoms with Gasteiger partial charge in [0.15, 0.2) is 5.96 Å². The number of benzene rings is 2. The summed E-state index contributed by atoms with van der Waals surface area (Å²) in [4.78, 5) is 35.1. The molecule has 0 aliphatic carbocycles. The second-order valence-corrected chi connectivity index (χ2v) is 8.89. The zero-order valence-corrected chi connectivity index (χ0v) is 20.2. The molecule has 2 aliphatic heterocycles. The number of hydrogen-bond acceptors (Lipinski definition) is 5. The van der Waals surface area contributed by atoms with Gasteiger partial charge >= 0.3 is 5.97 Å². The quantitative estimate of drug-likeness (QED) is 0.484. The molecular weight excluding hydrogens is 446 g/mol. The Kier molecular flexibility index (Phi) is 8.33. The first-order valence-electron chi connectivity index (χ1n) is 12.0. The Balaban J connectivity index is 1.42. The Morgan fingerprint density at radius 1 is 0.971 bits per heavy atom. The molecule has 2 N–H and O–H groups in total. The number of carboxylic acid groups (broad SMARTS) is 1. The summed E-state index contributed by atoms with van der Waals surface area (Å²) in [5.41, 5.74) is 3.20. The summed E-state index contributed by atoms with van der Waals surface area (Å²) in [6.45, 7) is 8.44. The van der Waals surface area contributed by atoms with Gasteiger partial charge in [-0.2, -0.15) is 0 Å². The number of aliphatic imine (C=N–C) groups is 1. The largest absolute Gasteiger partial charge is 0.478 e. The van der Waals surface area contributed by atoms with Crippen molar-refractivity contribution in [3.8, 4) is 0 Å². The third kappa shape index (κ3) is 7.03. The van der Waals surface area contributed by atoms with Gasteiger partial charge in [0.2, 0.25) is 5.91 Å². The van der Waals surface area contributed by atoms with Gasteiger partial charge in [-0.3, -0.25) is 9.69 Å². The van der Waals surface area contributed by atoms with Crippen LogP contribution in [0.1, 0.15) is 21.5 Å². The van der Waals surface area contributed by atoms with E-state index in [0.29, 0.717) is 51.0 Å². The molecule has 2 heterocycles. The number of amides is 1. The number of carbonyl (C=O) groups excluding carboxylic acids is 1. The van der Waals surface area contributed by atoms with Gasteiger partial charge in [-0.05, 0) is 30.7 Å². The molecule has 0 saturated carbocycles. The summed E-state index contributed by atoms with van der Waals surface area (Å²) in [6, 6.07) is 15.0. The highest BCUT2D eigenvalue weighted by atomic mass is 16.5. The van der Waals surface area contributed by atoms with E-state index in [-0.39, 0.29) is 11.5 Å². The van der Waals surface area contributed by atoms with Crippen LogP contribution in [-0.4, -0.2) is 96.7 Å². The normalized spacial score (nSPS) is 17.3. The maximum Gasteiger partial charge on any atom is 0.335 e. The number of rotatable bonds is 6. The molecule has 0 bridgehead atoms. The van der Waals surface area contributed by atoms with Gasteiger partial charge in [-0.15, -0.1) is 0 Å². The van der Waals surface area contributed by atoms with E-state index in [1.807, 2.05) is 11.0 Å². The van der Waals surface area contributed by atoms with Crippen molar-refractivity contribution in [3.63, 3.8) is 0 Å². The molecule has 2 aliphatic rings. The summed E-state index contributed by atoms with van der Waals surface area (Å²) >= 11 is 0. The van der Waals surface area contributed by atoms with E-state index < -0.39 is 5.97 Å². The van der Waals surface area contributed by atoms with E-state index in [9.17, 15) is 14.7 Å². The highest BCUT2D eigenvalue weighted by Gasteiger charge is 2.24. The summed E-state index contributed by atoms with van der Waals surface area (Å²) < 4.78 is 5.34. The molecule has 9 heteroatoms. The van der Waals surface area contributed by atoms with Crippen molar-refractivity contribution >= 4 is 23.5 Å². The van der Waals surface area contributed by atoms with Crippen molar-refractivity contribution < 1.29 is 19.4 Å². The standard InChI is InChI=1S/C26H33N5O4/c1-20-5-7-21(8-6-20)18-27-26(28-23-4-2-3-22(17-23)25(33)34)31-11-9-29(10-12-31)19-24(32)30-13-15-35-16-14-30/h2-8,17H,9-16,18-19H2,1H3,(H,27,28)(H,33,34). The number of piperazine rings is 1. The van der Waals surface area contributed by atoms with Crippen LogP contribution in [0.15, 0.2) is 53.5 Å². The first-order valence-corrected chi connectivity index (χ1v) is 12.0. The number of guanidine groups is 1. The van der Waals surface area contributed by atoms with Gasteiger partial charge in [-0.25, -0.2) is 9.79 Å². The van der Waals surface area contributed by atoms with Gasteiger partial charge in [0.1, 0.15) is 0 Å². The second kappa shape index (κ2) is 11.8. The fraction of sp³-hybridized carbons (Fsp3) is 0.423. The van der Waals surface area contributed by atoms with E-state index in [1.165, 1.54) is 5.56 Å². The van der Waals surface area contributed by atoms with E-state index in [2.05, 4.69) is 46.3 Å². The Morgan fingerprint density at radius 2 is 1.69 bits per heavy atom. The Hall–Kier alpha value is -3.43. The summed E-state index contributed by atoms with van der Waals surface area (Å²) in [5.74, 6) is -0.115. The predicted molar refractivity (Wildman–Crippen MR) is 135 cm³/mol. The van der Waals surface area contributed by atoms with Crippen LogP contribution in [0.3, 0.4) is 0 Å². The molecule has 2 aromatic carbocycles. The minimum absolute atomic E-state index is 0.152. The van der Waals surface area contributed by atoms with Crippen LogP contribution in [0.5, 0.6) is 0 Å². The van der Waals surface area contributed by atoms with Crippen molar-refractivity contribution in [2.75, 3.05) is 64.3 Å². The molecule has 186 valence electrons. The highest BCUT2D eigenvalue weighted by Crippen LogP contribution is 2.14. The molecule has 2 fully saturated rings. The first kappa shape index (κ1) is 24.7. The summed E-state index contributed by atoms with van der Waals surface area (Å²) in [6.07, 6.45) is 0. The lowest BCUT2D eigenvalue weighted by atomic mass is 10.1. The molecular formula is C26H33N5O4. The molecule has 2 aromatic rings. The number of carboxylic acids is 1. The lowest BCUT2D eigenvalue weighted by Gasteiger charge is -2.37. The zero-order valence-electron chi connectivity index (χ0n) is 20.2. The molecule has 0 unspecified atom stereocenters. The molecule has 1 amide bonds. The zero-order chi connectivity index (χ0) is 24.6. The SMILES string of the molecule is Cc1ccc(CN=C(Nc2cccc(C(=O)O)c2)N2CCN(CC(=O)N3CCOCC3)CC2)cc1. The lowest BCUT2D eigenvalue weighted by molar-refractivity contribution is -0.136. The maximum absolute atomic E-state index is 12.6. The minimum Gasteiger partial charge on any atom is -0.478 e. The number of hydrogen-bond donors (Lipinski definition) is 2. The third-order valence-electron chi connectivity index (χ3n) is 6.29. The molecule has 4 rings (SSSR count). The fourth-order valence-corrected chi connectivity index (χ4v) is 4.16. The number of nitrogens with one attached hydrogen (secondary N) is 1. The maximum atomic E-state index is 12.6. The number of aromatic carboxylic acids is 1. The van der Waals surface area contributed by atoms with Crippen molar-refractivity contribution in [3.05, 3.63) is 65.2 Å². The van der Waals surface area contributed by atoms with Gasteiger partial charge < -0.3 is 25.0 Å². The minimum atomic E-state index is -0.967. The van der Waals surface area contributed by atoms with Crippen molar-refractivity contribution in [1.29, 1.82) is 0 Å². The predicted octanol–water partition coefficient (Wildman–Crippen LogP) is 2.14. The molecule has 35 heavy (non-hydrogen) atoms. The van der Waals surface area contributed by atoms with E-state index in [0.717, 1.165) is 31.7 Å². The molecule has 0 aromatic heterocycles.